The highest BCUT2D eigenvalue weighted by molar-refractivity contribution is 7.90. The minimum Gasteiger partial charge on any atom is -0.372 e. The normalized spacial score (nSPS) is 28.5. The van der Waals surface area contributed by atoms with Gasteiger partial charge in [0.15, 0.2) is 0 Å². The van der Waals surface area contributed by atoms with Crippen molar-refractivity contribution in [1.82, 2.24) is 14.7 Å². The van der Waals surface area contributed by atoms with Gasteiger partial charge < -0.3 is 15.0 Å². The third kappa shape index (κ3) is 6.26. The van der Waals surface area contributed by atoms with Crippen molar-refractivity contribution in [3.63, 3.8) is 0 Å². The summed E-state index contributed by atoms with van der Waals surface area (Å²) in [5, 5.41) is 3.01. The lowest BCUT2D eigenvalue weighted by Crippen LogP contribution is -2.45. The van der Waals surface area contributed by atoms with Gasteiger partial charge in [-0.25, -0.2) is 23.1 Å². The summed E-state index contributed by atoms with van der Waals surface area (Å²) in [5.41, 5.74) is 0. The first kappa shape index (κ1) is 22.2. The Balaban J connectivity index is 1.43. The number of rotatable bonds is 7. The molecule has 0 spiro atoms. The SMILES string of the molecule is CC(C)S(=O)(=O)NC1CCC(CNc2cnc(N3C[C@@H](C)O[C@@H](C)C3)cn2)CC1. The molecule has 0 aromatic carbocycles. The van der Waals surface area contributed by atoms with Crippen molar-refractivity contribution in [2.45, 2.75) is 76.9 Å². The van der Waals surface area contributed by atoms with Crippen molar-refractivity contribution in [1.29, 1.82) is 0 Å². The number of sulfonamides is 1. The van der Waals surface area contributed by atoms with Crippen LogP contribution in [0, 0.1) is 5.92 Å². The maximum absolute atomic E-state index is 12.0. The molecule has 164 valence electrons. The van der Waals surface area contributed by atoms with Crippen LogP contribution in [-0.2, 0) is 14.8 Å². The first-order chi connectivity index (χ1) is 13.7. The standard InChI is InChI=1S/C20H35N5O3S/c1-14(2)29(26,27)24-18-7-5-17(6-8-18)9-21-19-10-23-20(11-22-19)25-12-15(3)28-16(4)13-25/h10-11,14-18,24H,5-9,12-13H2,1-4H3,(H,21,22)/t15-,16+,17?,18?. The molecule has 0 radical (unpaired) electrons. The molecule has 1 aromatic heterocycles. The fraction of sp³-hybridized carbons (Fsp3) is 0.800. The molecule has 2 N–H and O–H groups in total. The highest BCUT2D eigenvalue weighted by atomic mass is 32.2. The van der Waals surface area contributed by atoms with Gasteiger partial charge in [-0.15, -0.1) is 0 Å². The lowest BCUT2D eigenvalue weighted by Gasteiger charge is -2.35. The fourth-order valence-electron chi connectivity index (χ4n) is 4.04. The monoisotopic (exact) mass is 425 g/mol. The van der Waals surface area contributed by atoms with Gasteiger partial charge in [0.1, 0.15) is 11.6 Å². The molecular formula is C20H35N5O3S. The molecule has 1 saturated carbocycles. The van der Waals surface area contributed by atoms with Gasteiger partial charge in [0, 0.05) is 25.7 Å². The minimum atomic E-state index is -3.19. The van der Waals surface area contributed by atoms with Gasteiger partial charge in [-0.1, -0.05) is 0 Å². The van der Waals surface area contributed by atoms with E-state index in [0.29, 0.717) is 5.92 Å². The number of morpholine rings is 1. The van der Waals surface area contributed by atoms with Crippen LogP contribution in [0.4, 0.5) is 11.6 Å². The molecule has 8 nitrogen and oxygen atoms in total. The Labute approximate surface area is 174 Å². The van der Waals surface area contributed by atoms with E-state index < -0.39 is 10.0 Å². The van der Waals surface area contributed by atoms with Crippen LogP contribution in [0.25, 0.3) is 0 Å². The zero-order valence-corrected chi connectivity index (χ0v) is 18.8. The maximum Gasteiger partial charge on any atom is 0.214 e. The van der Waals surface area contributed by atoms with Crippen molar-refractivity contribution in [2.24, 2.45) is 5.92 Å². The zero-order chi connectivity index (χ0) is 21.0. The Bertz CT molecular complexity index is 738. The second-order valence-corrected chi connectivity index (χ2v) is 11.0. The molecular weight excluding hydrogens is 390 g/mol. The fourth-order valence-corrected chi connectivity index (χ4v) is 5.01. The van der Waals surface area contributed by atoms with Gasteiger partial charge in [-0.2, -0.15) is 0 Å². The summed E-state index contributed by atoms with van der Waals surface area (Å²) in [6, 6.07) is 0.0658. The molecule has 1 aliphatic carbocycles. The van der Waals surface area contributed by atoms with Gasteiger partial charge in [0.2, 0.25) is 10.0 Å². The van der Waals surface area contributed by atoms with Gasteiger partial charge in [0.05, 0.1) is 29.9 Å². The average Bonchev–Trinajstić information content (AvgIpc) is 2.67. The second-order valence-electron chi connectivity index (χ2n) is 8.73. The van der Waals surface area contributed by atoms with Crippen molar-refractivity contribution in [3.8, 4) is 0 Å². The molecule has 2 atom stereocenters. The highest BCUT2D eigenvalue weighted by Gasteiger charge is 2.26. The van der Waals surface area contributed by atoms with Crippen molar-refractivity contribution >= 4 is 21.7 Å². The summed E-state index contributed by atoms with van der Waals surface area (Å²) in [5.74, 6) is 2.19. The molecule has 2 fully saturated rings. The Morgan fingerprint density at radius 1 is 1.10 bits per heavy atom. The third-order valence-corrected chi connectivity index (χ3v) is 7.66. The van der Waals surface area contributed by atoms with Crippen LogP contribution in [0.15, 0.2) is 12.4 Å². The Hall–Kier alpha value is -1.45. The molecule has 0 amide bonds. The molecule has 1 aromatic rings. The summed E-state index contributed by atoms with van der Waals surface area (Å²) in [6.07, 6.45) is 7.79. The van der Waals surface area contributed by atoms with Crippen LogP contribution in [0.3, 0.4) is 0 Å². The minimum absolute atomic E-state index is 0.0658. The summed E-state index contributed by atoms with van der Waals surface area (Å²) < 4.78 is 32.7. The molecule has 2 heterocycles. The van der Waals surface area contributed by atoms with Gasteiger partial charge in [-0.3, -0.25) is 0 Å². The van der Waals surface area contributed by atoms with Gasteiger partial charge in [0.25, 0.3) is 0 Å². The molecule has 29 heavy (non-hydrogen) atoms. The van der Waals surface area contributed by atoms with E-state index in [1.807, 2.05) is 6.20 Å². The second kappa shape index (κ2) is 9.57. The quantitative estimate of drug-likeness (QED) is 0.692. The van der Waals surface area contributed by atoms with E-state index in [0.717, 1.165) is 57.0 Å². The van der Waals surface area contributed by atoms with E-state index in [4.69, 9.17) is 4.74 Å². The predicted octanol–water partition coefficient (Wildman–Crippen LogP) is 2.39. The Kier molecular flexibility index (Phi) is 7.34. The van der Waals surface area contributed by atoms with Crippen LogP contribution in [0.2, 0.25) is 0 Å². The molecule has 2 aliphatic rings. The number of hydrogen-bond acceptors (Lipinski definition) is 7. The van der Waals surface area contributed by atoms with E-state index in [2.05, 4.69) is 38.8 Å². The average molecular weight is 426 g/mol. The molecule has 0 bridgehead atoms. The van der Waals surface area contributed by atoms with Crippen molar-refractivity contribution in [2.75, 3.05) is 29.9 Å². The first-order valence-corrected chi connectivity index (χ1v) is 12.2. The molecule has 9 heteroatoms. The Morgan fingerprint density at radius 3 is 2.31 bits per heavy atom. The molecule has 3 rings (SSSR count). The number of hydrogen-bond donors (Lipinski definition) is 2. The zero-order valence-electron chi connectivity index (χ0n) is 18.0. The largest absolute Gasteiger partial charge is 0.372 e. The smallest absolute Gasteiger partial charge is 0.214 e. The number of anilines is 2. The van der Waals surface area contributed by atoms with Crippen LogP contribution < -0.4 is 14.9 Å². The first-order valence-electron chi connectivity index (χ1n) is 10.7. The van der Waals surface area contributed by atoms with Crippen molar-refractivity contribution in [3.05, 3.63) is 12.4 Å². The lowest BCUT2D eigenvalue weighted by atomic mass is 9.86. The van der Waals surface area contributed by atoms with Gasteiger partial charge in [-0.05, 0) is 59.3 Å². The van der Waals surface area contributed by atoms with E-state index in [1.54, 1.807) is 20.0 Å². The van der Waals surface area contributed by atoms with E-state index in [9.17, 15) is 8.42 Å². The lowest BCUT2D eigenvalue weighted by molar-refractivity contribution is -0.00547. The number of aromatic nitrogens is 2. The van der Waals surface area contributed by atoms with Crippen LogP contribution in [0.1, 0.15) is 53.4 Å². The van der Waals surface area contributed by atoms with Crippen molar-refractivity contribution < 1.29 is 13.2 Å². The predicted molar refractivity (Wildman–Crippen MR) is 116 cm³/mol. The summed E-state index contributed by atoms with van der Waals surface area (Å²) in [4.78, 5) is 11.3. The van der Waals surface area contributed by atoms with E-state index in [1.165, 1.54) is 0 Å². The number of nitrogens with zero attached hydrogens (tertiary/aromatic N) is 3. The maximum atomic E-state index is 12.0. The van der Waals surface area contributed by atoms with E-state index in [-0.39, 0.29) is 23.5 Å². The Morgan fingerprint density at radius 2 is 1.76 bits per heavy atom. The summed E-state index contributed by atoms with van der Waals surface area (Å²) in [6.45, 7) is 10.1. The van der Waals surface area contributed by atoms with Gasteiger partial charge >= 0.3 is 0 Å². The third-order valence-electron chi connectivity index (χ3n) is 5.75. The van der Waals surface area contributed by atoms with Crippen LogP contribution >= 0.6 is 0 Å². The number of ether oxygens (including phenoxy) is 1. The topological polar surface area (TPSA) is 96.5 Å². The van der Waals surface area contributed by atoms with E-state index >= 15 is 0 Å². The summed E-state index contributed by atoms with van der Waals surface area (Å²) >= 11 is 0. The molecule has 0 unspecified atom stereocenters. The molecule has 1 saturated heterocycles. The summed E-state index contributed by atoms with van der Waals surface area (Å²) in [7, 11) is -3.19. The van der Waals surface area contributed by atoms with Crippen LogP contribution in [-0.4, -0.2) is 61.5 Å². The van der Waals surface area contributed by atoms with Crippen LogP contribution in [0.5, 0.6) is 0 Å². The highest BCUT2D eigenvalue weighted by Crippen LogP contribution is 2.25. The number of nitrogens with one attached hydrogen (secondary N) is 2. The molecule has 1 aliphatic heterocycles.